The van der Waals surface area contributed by atoms with Crippen molar-refractivity contribution in [1.82, 2.24) is 5.48 Å². The molecule has 1 unspecified atom stereocenters. The number of halogens is 1. The first-order valence-corrected chi connectivity index (χ1v) is 4.03. The van der Waals surface area contributed by atoms with Crippen molar-refractivity contribution in [3.8, 4) is 0 Å². The van der Waals surface area contributed by atoms with Gasteiger partial charge in [-0.1, -0.05) is 23.7 Å². The number of amides is 1. The molecule has 1 amide bonds. The number of benzene rings is 1. The van der Waals surface area contributed by atoms with E-state index in [2.05, 4.69) is 15.4 Å². The van der Waals surface area contributed by atoms with Gasteiger partial charge in [-0.2, -0.15) is 10.4 Å². The predicted octanol–water partition coefficient (Wildman–Crippen LogP) is 1.37. The zero-order valence-electron chi connectivity index (χ0n) is 6.49. The molecular weight excluding hydrogens is 194 g/mol. The smallest absolute Gasteiger partial charge is 0.269 e. The maximum atomic E-state index is 11.1. The van der Waals surface area contributed by atoms with Gasteiger partial charge >= 0.3 is 0 Å². The molecule has 1 fully saturated rings. The summed E-state index contributed by atoms with van der Waals surface area (Å²) in [4.78, 5) is 20.1. The molecule has 1 aliphatic heterocycles. The molecule has 1 N–H and O–H groups in total. The fourth-order valence-electron chi connectivity index (χ4n) is 1.05. The molecule has 68 valence electrons. The quantitative estimate of drug-likeness (QED) is 0.695. The number of hydrogen-bond acceptors (Lipinski definition) is 3. The number of carbonyl (C=O) groups excluding carboxylic acids is 1. The highest BCUT2D eigenvalue weighted by Crippen LogP contribution is 2.22. The maximum Gasteiger partial charge on any atom is 0.283 e. The van der Waals surface area contributed by atoms with E-state index < -0.39 is 6.10 Å². The van der Waals surface area contributed by atoms with Gasteiger partial charge in [-0.15, -0.1) is 4.99 Å². The van der Waals surface area contributed by atoms with E-state index in [0.29, 0.717) is 10.6 Å². The van der Waals surface area contributed by atoms with Crippen LogP contribution in [0.25, 0.3) is 0 Å². The van der Waals surface area contributed by atoms with Gasteiger partial charge in [0.1, 0.15) is 0 Å². The van der Waals surface area contributed by atoms with Gasteiger partial charge in [-0.3, -0.25) is 4.79 Å². The van der Waals surface area contributed by atoms with Gasteiger partial charge in [0.05, 0.1) is 0 Å². The van der Waals surface area contributed by atoms with Gasteiger partial charge in [0.15, 0.2) is 0 Å². The maximum absolute atomic E-state index is 11.1. The molecule has 1 saturated heterocycles. The molecule has 5 heteroatoms. The van der Waals surface area contributed by atoms with Crippen molar-refractivity contribution < 1.29 is 14.7 Å². The summed E-state index contributed by atoms with van der Waals surface area (Å²) in [5, 5.41) is 0.614. The Bertz CT molecular complexity index is 325. The molecule has 0 aromatic heterocycles. The molecule has 1 aromatic rings. The Labute approximate surface area is 79.3 Å². The number of hydroxylamine groups is 1. The third-order valence-electron chi connectivity index (χ3n) is 1.70. The van der Waals surface area contributed by atoms with E-state index in [-0.39, 0.29) is 5.91 Å². The fraction of sp³-hybridized carbons (Fsp3) is 0.125. The molecule has 0 spiro atoms. The summed E-state index contributed by atoms with van der Waals surface area (Å²) in [7, 11) is 0. The van der Waals surface area contributed by atoms with Gasteiger partial charge in [-0.05, 0) is 17.7 Å². The Hall–Kier alpha value is -1.10. The first-order valence-electron chi connectivity index (χ1n) is 3.65. The van der Waals surface area contributed by atoms with Gasteiger partial charge in [0, 0.05) is 5.02 Å². The van der Waals surface area contributed by atoms with Crippen molar-refractivity contribution in [2.45, 2.75) is 6.10 Å². The van der Waals surface area contributed by atoms with E-state index in [1.807, 2.05) is 0 Å². The second kappa shape index (κ2) is 3.33. The lowest BCUT2D eigenvalue weighted by Gasteiger charge is -2.02. The Morgan fingerprint density at radius 2 is 2.00 bits per heavy atom. The standard InChI is InChI=1S/C8H6ClNO3/c9-6-3-1-5(2-4-6)7-8(11)10-13-12-7/h1-4,7H,(H,10,11). The van der Waals surface area contributed by atoms with E-state index >= 15 is 0 Å². The van der Waals surface area contributed by atoms with E-state index in [9.17, 15) is 4.79 Å². The van der Waals surface area contributed by atoms with Gasteiger partial charge in [-0.25, -0.2) is 0 Å². The van der Waals surface area contributed by atoms with Crippen LogP contribution in [0.4, 0.5) is 0 Å². The zero-order chi connectivity index (χ0) is 9.26. The van der Waals surface area contributed by atoms with Crippen LogP contribution < -0.4 is 5.48 Å². The molecule has 1 aliphatic rings. The average Bonchev–Trinajstić information content (AvgIpc) is 2.53. The van der Waals surface area contributed by atoms with Crippen LogP contribution in [0, 0.1) is 0 Å². The summed E-state index contributed by atoms with van der Waals surface area (Å²) in [6, 6.07) is 6.79. The van der Waals surface area contributed by atoms with E-state index in [1.54, 1.807) is 24.3 Å². The van der Waals surface area contributed by atoms with Crippen molar-refractivity contribution in [3.05, 3.63) is 34.9 Å². The van der Waals surface area contributed by atoms with Crippen LogP contribution in [0.1, 0.15) is 11.7 Å². The highest BCUT2D eigenvalue weighted by atomic mass is 35.5. The molecule has 1 atom stereocenters. The van der Waals surface area contributed by atoms with E-state index in [1.165, 1.54) is 0 Å². The van der Waals surface area contributed by atoms with Crippen molar-refractivity contribution in [2.75, 3.05) is 0 Å². The lowest BCUT2D eigenvalue weighted by atomic mass is 10.1. The normalized spacial score (nSPS) is 21.6. The minimum Gasteiger partial charge on any atom is -0.269 e. The van der Waals surface area contributed by atoms with Gasteiger partial charge < -0.3 is 0 Å². The predicted molar refractivity (Wildman–Crippen MR) is 44.5 cm³/mol. The summed E-state index contributed by atoms with van der Waals surface area (Å²) >= 11 is 5.68. The highest BCUT2D eigenvalue weighted by Gasteiger charge is 2.28. The Morgan fingerprint density at radius 3 is 2.54 bits per heavy atom. The molecule has 0 aliphatic carbocycles. The topological polar surface area (TPSA) is 47.6 Å². The second-order valence-electron chi connectivity index (χ2n) is 2.58. The summed E-state index contributed by atoms with van der Waals surface area (Å²) < 4.78 is 0. The number of nitrogens with one attached hydrogen (secondary N) is 1. The SMILES string of the molecule is O=C1NOOC1c1ccc(Cl)cc1. The molecule has 13 heavy (non-hydrogen) atoms. The van der Waals surface area contributed by atoms with Crippen LogP contribution >= 0.6 is 11.6 Å². The summed E-state index contributed by atoms with van der Waals surface area (Å²) in [5.74, 6) is -0.317. The van der Waals surface area contributed by atoms with Crippen LogP contribution in [-0.2, 0) is 14.7 Å². The van der Waals surface area contributed by atoms with Crippen LogP contribution in [0.5, 0.6) is 0 Å². The molecule has 1 heterocycles. The molecule has 0 radical (unpaired) electrons. The lowest BCUT2D eigenvalue weighted by Crippen LogP contribution is -2.16. The number of hydrogen-bond donors (Lipinski definition) is 1. The van der Waals surface area contributed by atoms with Crippen LogP contribution in [0.2, 0.25) is 5.02 Å². The average molecular weight is 200 g/mol. The summed E-state index contributed by atoms with van der Waals surface area (Å²) in [5.41, 5.74) is 2.80. The zero-order valence-corrected chi connectivity index (χ0v) is 7.25. The Kier molecular flexibility index (Phi) is 2.18. The van der Waals surface area contributed by atoms with Crippen LogP contribution in [0.3, 0.4) is 0 Å². The minimum absolute atomic E-state index is 0.317. The first kappa shape index (κ1) is 8.50. The first-order chi connectivity index (χ1) is 6.27. The van der Waals surface area contributed by atoms with E-state index in [0.717, 1.165) is 0 Å². The van der Waals surface area contributed by atoms with Crippen molar-refractivity contribution in [1.29, 1.82) is 0 Å². The number of carbonyl (C=O) groups is 1. The molecule has 4 nitrogen and oxygen atoms in total. The third kappa shape index (κ3) is 1.65. The summed E-state index contributed by atoms with van der Waals surface area (Å²) in [6.07, 6.45) is -0.697. The van der Waals surface area contributed by atoms with Crippen molar-refractivity contribution in [2.24, 2.45) is 0 Å². The molecule has 0 saturated carbocycles. The third-order valence-corrected chi connectivity index (χ3v) is 1.95. The van der Waals surface area contributed by atoms with Crippen LogP contribution in [0.15, 0.2) is 24.3 Å². The fourth-order valence-corrected chi connectivity index (χ4v) is 1.18. The number of rotatable bonds is 1. The second-order valence-corrected chi connectivity index (χ2v) is 3.01. The molecule has 2 rings (SSSR count). The molecule has 1 aromatic carbocycles. The largest absolute Gasteiger partial charge is 0.283 e. The van der Waals surface area contributed by atoms with Gasteiger partial charge in [0.25, 0.3) is 5.91 Å². The monoisotopic (exact) mass is 199 g/mol. The van der Waals surface area contributed by atoms with Crippen molar-refractivity contribution >= 4 is 17.5 Å². The Balaban J connectivity index is 2.25. The molecule has 0 bridgehead atoms. The highest BCUT2D eigenvalue weighted by molar-refractivity contribution is 6.30. The Morgan fingerprint density at radius 1 is 1.31 bits per heavy atom. The lowest BCUT2D eigenvalue weighted by molar-refractivity contribution is -0.308. The van der Waals surface area contributed by atoms with Crippen LogP contribution in [-0.4, -0.2) is 5.91 Å². The van der Waals surface area contributed by atoms with E-state index in [4.69, 9.17) is 11.6 Å². The molecular formula is C8H6ClNO3. The minimum atomic E-state index is -0.697. The van der Waals surface area contributed by atoms with Gasteiger partial charge in [0.2, 0.25) is 6.10 Å². The van der Waals surface area contributed by atoms with Crippen molar-refractivity contribution in [3.63, 3.8) is 0 Å². The summed E-state index contributed by atoms with van der Waals surface area (Å²) in [6.45, 7) is 0.